The number of hydrogen-bond donors (Lipinski definition) is 1. The van der Waals surface area contributed by atoms with Gasteiger partial charge in [0.25, 0.3) is 0 Å². The Labute approximate surface area is 101 Å². The van der Waals surface area contributed by atoms with Gasteiger partial charge >= 0.3 is 5.97 Å². The van der Waals surface area contributed by atoms with Crippen LogP contribution in [0.4, 0.5) is 5.69 Å². The van der Waals surface area contributed by atoms with Crippen LogP contribution in [0.25, 0.3) is 0 Å². The molecule has 1 rings (SSSR count). The number of carbonyl (C=O) groups excluding carboxylic acids is 1. The number of nitrogens with two attached hydrogens (primary N) is 1. The zero-order valence-electron chi connectivity index (χ0n) is 9.66. The number of benzene rings is 1. The maximum absolute atomic E-state index is 11.7. The van der Waals surface area contributed by atoms with E-state index in [0.29, 0.717) is 16.3 Å². The van der Waals surface area contributed by atoms with Gasteiger partial charge in [-0.05, 0) is 31.0 Å². The van der Waals surface area contributed by atoms with Crippen molar-refractivity contribution in [3.8, 4) is 0 Å². The highest BCUT2D eigenvalue weighted by molar-refractivity contribution is 6.33. The molecule has 0 heterocycles. The predicted molar refractivity (Wildman–Crippen MR) is 65.6 cm³/mol. The molecule has 0 saturated carbocycles. The summed E-state index contributed by atoms with van der Waals surface area (Å²) < 4.78 is 5.25. The number of nitrogen functional groups attached to an aromatic ring is 1. The van der Waals surface area contributed by atoms with Crippen LogP contribution in [0.1, 0.15) is 31.1 Å². The summed E-state index contributed by atoms with van der Waals surface area (Å²) in [5.74, 6) is -0.136. The molecular weight excluding hydrogens is 226 g/mol. The first-order valence-electron chi connectivity index (χ1n) is 5.18. The predicted octanol–water partition coefficient (Wildman–Crippen LogP) is 3.12. The highest BCUT2D eigenvalue weighted by Gasteiger charge is 2.17. The molecule has 88 valence electrons. The minimum Gasteiger partial charge on any atom is -0.459 e. The topological polar surface area (TPSA) is 52.3 Å². The average Bonchev–Trinajstić information content (AvgIpc) is 2.16. The first kappa shape index (κ1) is 12.8. The molecule has 1 atom stereocenters. The summed E-state index contributed by atoms with van der Waals surface area (Å²) in [6.07, 6.45) is -0.138. The summed E-state index contributed by atoms with van der Waals surface area (Å²) in [5.41, 5.74) is 6.42. The summed E-state index contributed by atoms with van der Waals surface area (Å²) in [7, 11) is 0. The fourth-order valence-corrected chi connectivity index (χ4v) is 1.33. The van der Waals surface area contributed by atoms with E-state index in [0.717, 1.165) is 0 Å². The lowest BCUT2D eigenvalue weighted by Gasteiger charge is -2.17. The zero-order chi connectivity index (χ0) is 12.3. The molecule has 2 N–H and O–H groups in total. The Balaban J connectivity index is 2.81. The number of esters is 1. The van der Waals surface area contributed by atoms with Gasteiger partial charge in [0, 0.05) is 5.69 Å². The molecule has 0 radical (unpaired) electrons. The van der Waals surface area contributed by atoms with E-state index in [1.165, 1.54) is 6.07 Å². The van der Waals surface area contributed by atoms with Gasteiger partial charge in [-0.3, -0.25) is 0 Å². The van der Waals surface area contributed by atoms with Crippen LogP contribution in [-0.4, -0.2) is 12.1 Å². The Kier molecular flexibility index (Phi) is 4.19. The molecule has 1 aromatic rings. The van der Waals surface area contributed by atoms with Gasteiger partial charge in [-0.2, -0.15) is 0 Å². The van der Waals surface area contributed by atoms with Crippen molar-refractivity contribution in [2.24, 2.45) is 5.92 Å². The van der Waals surface area contributed by atoms with E-state index in [1.807, 2.05) is 20.8 Å². The lowest BCUT2D eigenvalue weighted by atomic mass is 10.1. The molecule has 0 aliphatic carbocycles. The van der Waals surface area contributed by atoms with Crippen LogP contribution >= 0.6 is 11.6 Å². The van der Waals surface area contributed by atoms with Crippen LogP contribution in [0.5, 0.6) is 0 Å². The first-order chi connectivity index (χ1) is 7.41. The smallest absolute Gasteiger partial charge is 0.339 e. The van der Waals surface area contributed by atoms with Gasteiger partial charge in [0.2, 0.25) is 0 Å². The molecule has 16 heavy (non-hydrogen) atoms. The quantitative estimate of drug-likeness (QED) is 0.654. The summed E-state index contributed by atoms with van der Waals surface area (Å²) in [4.78, 5) is 11.7. The van der Waals surface area contributed by atoms with E-state index in [1.54, 1.807) is 12.1 Å². The molecule has 0 fully saturated rings. The number of ether oxygens (including phenoxy) is 1. The van der Waals surface area contributed by atoms with Gasteiger partial charge < -0.3 is 10.5 Å². The summed E-state index contributed by atoms with van der Waals surface area (Å²) in [6.45, 7) is 5.83. The third kappa shape index (κ3) is 3.14. The van der Waals surface area contributed by atoms with Crippen LogP contribution in [0.2, 0.25) is 5.02 Å². The third-order valence-electron chi connectivity index (χ3n) is 2.44. The van der Waals surface area contributed by atoms with Gasteiger partial charge in [0.05, 0.1) is 10.6 Å². The fraction of sp³-hybridized carbons (Fsp3) is 0.417. The monoisotopic (exact) mass is 241 g/mol. The Bertz CT molecular complexity index is 391. The number of anilines is 1. The standard InChI is InChI=1S/C12H16ClNO2/c1-7(2)8(3)16-12(15)10-5-4-9(14)6-11(10)13/h4-8H,14H2,1-3H3. The number of hydrogen-bond acceptors (Lipinski definition) is 3. The second-order valence-electron chi connectivity index (χ2n) is 4.09. The summed E-state index contributed by atoms with van der Waals surface area (Å²) in [5, 5.41) is 0.320. The molecular formula is C12H16ClNO2. The van der Waals surface area contributed by atoms with Crippen molar-refractivity contribution in [2.45, 2.75) is 26.9 Å². The van der Waals surface area contributed by atoms with Crippen LogP contribution < -0.4 is 5.73 Å². The van der Waals surface area contributed by atoms with Crippen molar-refractivity contribution in [2.75, 3.05) is 5.73 Å². The highest BCUT2D eigenvalue weighted by Crippen LogP contribution is 2.21. The van der Waals surface area contributed by atoms with Gasteiger partial charge in [-0.25, -0.2) is 4.79 Å². The summed E-state index contributed by atoms with van der Waals surface area (Å²) in [6, 6.07) is 4.74. The molecule has 0 spiro atoms. The van der Waals surface area contributed by atoms with Gasteiger partial charge in [0.1, 0.15) is 6.10 Å². The van der Waals surface area contributed by atoms with Crippen molar-refractivity contribution in [3.05, 3.63) is 28.8 Å². The normalized spacial score (nSPS) is 12.6. The van der Waals surface area contributed by atoms with Crippen molar-refractivity contribution in [3.63, 3.8) is 0 Å². The SMILES string of the molecule is CC(C)C(C)OC(=O)c1ccc(N)cc1Cl. The maximum atomic E-state index is 11.7. The largest absolute Gasteiger partial charge is 0.459 e. The van der Waals surface area contributed by atoms with Crippen LogP contribution in [0.3, 0.4) is 0 Å². The minimum atomic E-state index is -0.411. The second-order valence-corrected chi connectivity index (χ2v) is 4.50. The highest BCUT2D eigenvalue weighted by atomic mass is 35.5. The molecule has 4 heteroatoms. The van der Waals surface area contributed by atoms with Crippen molar-refractivity contribution >= 4 is 23.3 Å². The van der Waals surface area contributed by atoms with Gasteiger partial charge in [-0.1, -0.05) is 25.4 Å². The number of rotatable bonds is 3. The fourth-order valence-electron chi connectivity index (χ4n) is 1.07. The lowest BCUT2D eigenvalue weighted by molar-refractivity contribution is 0.0238. The van der Waals surface area contributed by atoms with Crippen molar-refractivity contribution in [1.82, 2.24) is 0 Å². The Morgan fingerprint density at radius 3 is 2.50 bits per heavy atom. The van der Waals surface area contributed by atoms with E-state index in [-0.39, 0.29) is 12.0 Å². The van der Waals surface area contributed by atoms with Crippen molar-refractivity contribution in [1.29, 1.82) is 0 Å². The molecule has 1 unspecified atom stereocenters. The van der Waals surface area contributed by atoms with E-state index in [4.69, 9.17) is 22.1 Å². The van der Waals surface area contributed by atoms with Crippen LogP contribution in [0.15, 0.2) is 18.2 Å². The molecule has 0 aliphatic rings. The molecule has 0 aliphatic heterocycles. The average molecular weight is 242 g/mol. The van der Waals surface area contributed by atoms with Crippen LogP contribution in [-0.2, 0) is 4.74 Å². The zero-order valence-corrected chi connectivity index (χ0v) is 10.4. The number of carbonyl (C=O) groups is 1. The molecule has 3 nitrogen and oxygen atoms in total. The Morgan fingerprint density at radius 1 is 1.38 bits per heavy atom. The second kappa shape index (κ2) is 5.21. The maximum Gasteiger partial charge on any atom is 0.339 e. The third-order valence-corrected chi connectivity index (χ3v) is 2.76. The molecule has 0 saturated heterocycles. The molecule has 0 aromatic heterocycles. The first-order valence-corrected chi connectivity index (χ1v) is 5.55. The lowest BCUT2D eigenvalue weighted by Crippen LogP contribution is -2.20. The van der Waals surface area contributed by atoms with Gasteiger partial charge in [0.15, 0.2) is 0 Å². The minimum absolute atomic E-state index is 0.138. The van der Waals surface area contributed by atoms with E-state index >= 15 is 0 Å². The molecule has 0 bridgehead atoms. The van der Waals surface area contributed by atoms with E-state index < -0.39 is 5.97 Å². The van der Waals surface area contributed by atoms with Crippen molar-refractivity contribution < 1.29 is 9.53 Å². The van der Waals surface area contributed by atoms with E-state index in [2.05, 4.69) is 0 Å². The van der Waals surface area contributed by atoms with Crippen LogP contribution in [0, 0.1) is 5.92 Å². The molecule has 0 amide bonds. The summed E-state index contributed by atoms with van der Waals surface area (Å²) >= 11 is 5.91. The molecule has 1 aromatic carbocycles. The Hall–Kier alpha value is -1.22. The Morgan fingerprint density at radius 2 is 2.00 bits per heavy atom. The van der Waals surface area contributed by atoms with Gasteiger partial charge in [-0.15, -0.1) is 0 Å². The number of halogens is 1. The van der Waals surface area contributed by atoms with E-state index in [9.17, 15) is 4.79 Å².